The summed E-state index contributed by atoms with van der Waals surface area (Å²) in [6.45, 7) is 5.54. The Kier molecular flexibility index (Phi) is 9.91. The zero-order valence-electron chi connectivity index (χ0n) is 8.53. The Morgan fingerprint density at radius 3 is 2.23 bits per heavy atom. The largest absolute Gasteiger partial charge is 0.107 e. The molecule has 0 aliphatic rings. The van der Waals surface area contributed by atoms with Crippen molar-refractivity contribution in [1.82, 2.24) is 0 Å². The lowest BCUT2D eigenvalue weighted by Gasteiger charge is -1.86. The molecule has 70 valence electrons. The molecule has 0 amide bonds. The Hall–Kier alpha value is -1.14. The molecular weight excluding hydrogens is 156 g/mol. The molecule has 0 spiro atoms. The lowest BCUT2D eigenvalue weighted by atomic mass is 10.2. The van der Waals surface area contributed by atoms with E-state index in [1.54, 1.807) is 0 Å². The molecule has 0 saturated carbocycles. The third kappa shape index (κ3) is 10.9. The Morgan fingerprint density at radius 1 is 1.00 bits per heavy atom. The molecule has 0 aromatic carbocycles. The van der Waals surface area contributed by atoms with Gasteiger partial charge < -0.3 is 0 Å². The molecule has 0 saturated heterocycles. The van der Waals surface area contributed by atoms with Crippen molar-refractivity contribution in [2.45, 2.75) is 45.4 Å². The van der Waals surface area contributed by atoms with Crippen LogP contribution in [0, 0.1) is 23.7 Å². The van der Waals surface area contributed by atoms with Crippen molar-refractivity contribution in [3.63, 3.8) is 0 Å². The number of hydrogen-bond acceptors (Lipinski definition) is 0. The van der Waals surface area contributed by atoms with Gasteiger partial charge in [0, 0.05) is 19.3 Å². The summed E-state index contributed by atoms with van der Waals surface area (Å²) < 4.78 is 0. The van der Waals surface area contributed by atoms with Gasteiger partial charge in [-0.2, -0.15) is 0 Å². The molecular formula is C13H18. The van der Waals surface area contributed by atoms with E-state index in [1.807, 2.05) is 13.0 Å². The Labute approximate surface area is 82.4 Å². The molecule has 0 aliphatic carbocycles. The summed E-state index contributed by atoms with van der Waals surface area (Å²) in [6.07, 6.45) is 8.25. The van der Waals surface area contributed by atoms with E-state index in [0.29, 0.717) is 0 Å². The van der Waals surface area contributed by atoms with Gasteiger partial charge >= 0.3 is 0 Å². The van der Waals surface area contributed by atoms with Crippen molar-refractivity contribution >= 4 is 0 Å². The van der Waals surface area contributed by atoms with Gasteiger partial charge in [0.15, 0.2) is 0 Å². The van der Waals surface area contributed by atoms with Crippen LogP contribution in [0.5, 0.6) is 0 Å². The highest BCUT2D eigenvalue weighted by Gasteiger charge is 1.80. The molecule has 0 aromatic rings. The molecule has 0 rings (SSSR count). The third-order valence-electron chi connectivity index (χ3n) is 1.62. The second-order valence-corrected chi connectivity index (χ2v) is 2.81. The number of allylic oxidation sites excluding steroid dienone is 1. The van der Waals surface area contributed by atoms with Gasteiger partial charge in [0.25, 0.3) is 0 Å². The van der Waals surface area contributed by atoms with Crippen molar-refractivity contribution in [2.24, 2.45) is 0 Å². The fraction of sp³-hybridized carbons (Fsp3) is 0.538. The minimum Gasteiger partial charge on any atom is -0.107 e. The van der Waals surface area contributed by atoms with E-state index in [4.69, 9.17) is 0 Å². The lowest BCUT2D eigenvalue weighted by Crippen LogP contribution is -1.71. The molecule has 13 heavy (non-hydrogen) atoms. The van der Waals surface area contributed by atoms with Crippen molar-refractivity contribution in [3.05, 3.63) is 12.7 Å². The first-order valence-electron chi connectivity index (χ1n) is 4.88. The highest BCUT2D eigenvalue weighted by Crippen LogP contribution is 1.95. The molecule has 0 radical (unpaired) electrons. The van der Waals surface area contributed by atoms with Crippen LogP contribution >= 0.6 is 0 Å². The van der Waals surface area contributed by atoms with Gasteiger partial charge in [0.05, 0.1) is 0 Å². The van der Waals surface area contributed by atoms with Crippen LogP contribution in [-0.2, 0) is 0 Å². The van der Waals surface area contributed by atoms with Gasteiger partial charge in [0.1, 0.15) is 0 Å². The molecule has 0 bridgehead atoms. The summed E-state index contributed by atoms with van der Waals surface area (Å²) in [5, 5.41) is 0. The van der Waals surface area contributed by atoms with Crippen molar-refractivity contribution < 1.29 is 0 Å². The van der Waals surface area contributed by atoms with E-state index in [2.05, 4.69) is 30.3 Å². The summed E-state index contributed by atoms with van der Waals surface area (Å²) in [6, 6.07) is 0. The summed E-state index contributed by atoms with van der Waals surface area (Å²) >= 11 is 0. The normalized spacial score (nSPS) is 7.77. The predicted octanol–water partition coefficient (Wildman–Crippen LogP) is 3.54. The highest BCUT2D eigenvalue weighted by molar-refractivity contribution is 5.01. The molecule has 0 aliphatic heterocycles. The van der Waals surface area contributed by atoms with Crippen LogP contribution in [0.1, 0.15) is 45.4 Å². The van der Waals surface area contributed by atoms with Gasteiger partial charge in [-0.05, 0) is 26.2 Å². The highest BCUT2D eigenvalue weighted by atomic mass is 13.8. The molecule has 0 fully saturated rings. The van der Waals surface area contributed by atoms with Gasteiger partial charge in [-0.1, -0.05) is 6.08 Å². The average Bonchev–Trinajstić information content (AvgIpc) is 2.16. The lowest BCUT2D eigenvalue weighted by molar-refractivity contribution is 0.876. The van der Waals surface area contributed by atoms with E-state index in [0.717, 1.165) is 38.5 Å². The standard InChI is InChI=1S/C13H18/c1-3-5-7-9-11-13-12-10-8-6-4-2/h3H,1,5,7-10,12H2,2H3. The van der Waals surface area contributed by atoms with Crippen molar-refractivity contribution in [2.75, 3.05) is 0 Å². The molecule has 0 heterocycles. The Bertz CT molecular complexity index is 226. The maximum absolute atomic E-state index is 3.66. The SMILES string of the molecule is C=CCCCC#CCCCC#CC. The van der Waals surface area contributed by atoms with Crippen molar-refractivity contribution in [3.8, 4) is 23.7 Å². The van der Waals surface area contributed by atoms with Crippen LogP contribution in [0.2, 0.25) is 0 Å². The first-order valence-corrected chi connectivity index (χ1v) is 4.88. The minimum absolute atomic E-state index is 0.984. The summed E-state index contributed by atoms with van der Waals surface area (Å²) in [5.41, 5.74) is 0. The van der Waals surface area contributed by atoms with E-state index >= 15 is 0 Å². The molecule has 0 unspecified atom stereocenters. The second kappa shape index (κ2) is 10.9. The summed E-state index contributed by atoms with van der Waals surface area (Å²) in [7, 11) is 0. The molecule has 0 N–H and O–H groups in total. The number of hydrogen-bond donors (Lipinski definition) is 0. The Balaban J connectivity index is 3.18. The number of rotatable bonds is 5. The Morgan fingerprint density at radius 2 is 1.62 bits per heavy atom. The van der Waals surface area contributed by atoms with E-state index in [9.17, 15) is 0 Å². The first kappa shape index (κ1) is 11.9. The van der Waals surface area contributed by atoms with Gasteiger partial charge in [0.2, 0.25) is 0 Å². The van der Waals surface area contributed by atoms with Crippen LogP contribution < -0.4 is 0 Å². The minimum atomic E-state index is 0.984. The predicted molar refractivity (Wildman–Crippen MR) is 59.1 cm³/mol. The van der Waals surface area contributed by atoms with E-state index in [-0.39, 0.29) is 0 Å². The van der Waals surface area contributed by atoms with Crippen molar-refractivity contribution in [1.29, 1.82) is 0 Å². The topological polar surface area (TPSA) is 0 Å². The molecule has 0 nitrogen and oxygen atoms in total. The van der Waals surface area contributed by atoms with Crippen LogP contribution in [0.4, 0.5) is 0 Å². The summed E-state index contributed by atoms with van der Waals surface area (Å²) in [4.78, 5) is 0. The average molecular weight is 174 g/mol. The second-order valence-electron chi connectivity index (χ2n) is 2.81. The zero-order valence-corrected chi connectivity index (χ0v) is 8.53. The van der Waals surface area contributed by atoms with Crippen LogP contribution in [0.25, 0.3) is 0 Å². The smallest absolute Gasteiger partial charge is 0.00977 e. The van der Waals surface area contributed by atoms with Crippen LogP contribution in [0.3, 0.4) is 0 Å². The van der Waals surface area contributed by atoms with Gasteiger partial charge in [-0.3, -0.25) is 0 Å². The van der Waals surface area contributed by atoms with Crippen LogP contribution in [0.15, 0.2) is 12.7 Å². The molecule has 0 heteroatoms. The molecule has 0 atom stereocenters. The van der Waals surface area contributed by atoms with Gasteiger partial charge in [-0.15, -0.1) is 30.3 Å². The molecule has 0 aromatic heterocycles. The van der Waals surface area contributed by atoms with E-state index in [1.165, 1.54) is 0 Å². The monoisotopic (exact) mass is 174 g/mol. The fourth-order valence-electron chi connectivity index (χ4n) is 0.902. The quantitative estimate of drug-likeness (QED) is 0.340. The number of unbranched alkanes of at least 4 members (excludes halogenated alkanes) is 4. The summed E-state index contributed by atoms with van der Waals surface area (Å²) in [5.74, 6) is 12.2. The first-order chi connectivity index (χ1) is 6.41. The zero-order chi connectivity index (χ0) is 9.78. The maximum atomic E-state index is 3.66. The van der Waals surface area contributed by atoms with Gasteiger partial charge in [-0.25, -0.2) is 0 Å². The maximum Gasteiger partial charge on any atom is 0.00977 e. The fourth-order valence-corrected chi connectivity index (χ4v) is 0.902. The third-order valence-corrected chi connectivity index (χ3v) is 1.62. The van der Waals surface area contributed by atoms with Crippen LogP contribution in [-0.4, -0.2) is 0 Å². The van der Waals surface area contributed by atoms with E-state index < -0.39 is 0 Å².